The van der Waals surface area contributed by atoms with Crippen LogP contribution in [0.15, 0.2) is 156 Å². The summed E-state index contributed by atoms with van der Waals surface area (Å²) in [5.41, 5.74) is 8.88. The monoisotopic (exact) mass is 603 g/mol. The van der Waals surface area contributed by atoms with Crippen molar-refractivity contribution in [3.63, 3.8) is 0 Å². The van der Waals surface area contributed by atoms with Gasteiger partial charge in [-0.1, -0.05) is 115 Å². The number of nitrogens with zero attached hydrogens (tertiary/aromatic N) is 5. The molecule has 6 heteroatoms. The fraction of sp³-hybridized carbons (Fsp3) is 0. The van der Waals surface area contributed by atoms with Crippen molar-refractivity contribution in [1.82, 2.24) is 24.9 Å². The lowest BCUT2D eigenvalue weighted by Gasteiger charge is -2.12. The first-order chi connectivity index (χ1) is 23.3. The third-order valence-electron chi connectivity index (χ3n) is 8.38. The minimum Gasteiger partial charge on any atom is -0.456 e. The lowest BCUT2D eigenvalue weighted by Crippen LogP contribution is -2.00. The smallest absolute Gasteiger partial charge is 0.164 e. The maximum Gasteiger partial charge on any atom is 0.164 e. The Morgan fingerprint density at radius 1 is 0.426 bits per heavy atom. The Bertz CT molecular complexity index is 2520. The van der Waals surface area contributed by atoms with Gasteiger partial charge in [-0.2, -0.15) is 0 Å². The van der Waals surface area contributed by atoms with Crippen molar-refractivity contribution in [2.75, 3.05) is 0 Å². The lowest BCUT2D eigenvalue weighted by atomic mass is 9.97. The number of benzene rings is 5. The summed E-state index contributed by atoms with van der Waals surface area (Å²) >= 11 is 0. The SMILES string of the molecule is c1ccc(-c2nc(-c3ccccc3)nc(-c3cccc(-c4cc(-c5nccc6oc7ccccc7c56)nc5ccccc45)c3)n2)cc1. The minimum atomic E-state index is 0.606. The first-order valence-electron chi connectivity index (χ1n) is 15.4. The van der Waals surface area contributed by atoms with E-state index in [4.69, 9.17) is 29.3 Å². The number of furan rings is 1. The molecule has 0 aliphatic heterocycles. The number of rotatable bonds is 5. The van der Waals surface area contributed by atoms with Crippen LogP contribution < -0.4 is 0 Å². The van der Waals surface area contributed by atoms with Crippen molar-refractivity contribution in [2.45, 2.75) is 0 Å². The highest BCUT2D eigenvalue weighted by atomic mass is 16.3. The second-order valence-electron chi connectivity index (χ2n) is 11.3. The molecule has 47 heavy (non-hydrogen) atoms. The number of fused-ring (bicyclic) bond motifs is 4. The summed E-state index contributed by atoms with van der Waals surface area (Å²) in [6.45, 7) is 0. The molecule has 0 amide bonds. The van der Waals surface area contributed by atoms with Crippen molar-refractivity contribution in [3.8, 4) is 56.7 Å². The van der Waals surface area contributed by atoms with Crippen molar-refractivity contribution in [2.24, 2.45) is 0 Å². The van der Waals surface area contributed by atoms with Gasteiger partial charge in [-0.15, -0.1) is 0 Å². The summed E-state index contributed by atoms with van der Waals surface area (Å²) in [4.78, 5) is 24.7. The Kier molecular flexibility index (Phi) is 6.35. The molecule has 0 aliphatic carbocycles. The van der Waals surface area contributed by atoms with E-state index < -0.39 is 0 Å². The van der Waals surface area contributed by atoms with Crippen molar-refractivity contribution in [3.05, 3.63) is 152 Å². The molecule has 0 N–H and O–H groups in total. The van der Waals surface area contributed by atoms with E-state index in [0.29, 0.717) is 17.5 Å². The highest BCUT2D eigenvalue weighted by Gasteiger charge is 2.18. The molecule has 9 rings (SSSR count). The van der Waals surface area contributed by atoms with Gasteiger partial charge >= 0.3 is 0 Å². The quantitative estimate of drug-likeness (QED) is 0.195. The van der Waals surface area contributed by atoms with Crippen molar-refractivity contribution >= 4 is 32.8 Å². The Hall–Kier alpha value is -6.53. The molecule has 0 radical (unpaired) electrons. The van der Waals surface area contributed by atoms with Gasteiger partial charge in [0.2, 0.25) is 0 Å². The van der Waals surface area contributed by atoms with Crippen LogP contribution in [-0.2, 0) is 0 Å². The average molecular weight is 604 g/mol. The zero-order valence-corrected chi connectivity index (χ0v) is 25.1. The summed E-state index contributed by atoms with van der Waals surface area (Å²) in [7, 11) is 0. The van der Waals surface area contributed by atoms with Gasteiger partial charge in [-0.05, 0) is 41.5 Å². The van der Waals surface area contributed by atoms with Crippen molar-refractivity contribution in [1.29, 1.82) is 0 Å². The predicted molar refractivity (Wildman–Crippen MR) is 187 cm³/mol. The van der Waals surface area contributed by atoms with Crippen LogP contribution in [0.3, 0.4) is 0 Å². The van der Waals surface area contributed by atoms with Gasteiger partial charge in [0.1, 0.15) is 16.9 Å². The summed E-state index contributed by atoms with van der Waals surface area (Å²) in [6.07, 6.45) is 1.78. The number of hydrogen-bond donors (Lipinski definition) is 0. The van der Waals surface area contributed by atoms with E-state index in [1.807, 2.05) is 109 Å². The summed E-state index contributed by atoms with van der Waals surface area (Å²) in [5.74, 6) is 1.86. The molecule has 0 bridgehead atoms. The maximum atomic E-state index is 6.18. The van der Waals surface area contributed by atoms with E-state index in [1.54, 1.807) is 6.20 Å². The van der Waals surface area contributed by atoms with Crippen LogP contribution in [0.1, 0.15) is 0 Å². The lowest BCUT2D eigenvalue weighted by molar-refractivity contribution is 0.668. The van der Waals surface area contributed by atoms with Crippen molar-refractivity contribution < 1.29 is 4.42 Å². The van der Waals surface area contributed by atoms with Crippen LogP contribution in [0, 0.1) is 0 Å². The van der Waals surface area contributed by atoms with Gasteiger partial charge in [0.15, 0.2) is 17.5 Å². The van der Waals surface area contributed by atoms with Crippen LogP contribution in [-0.4, -0.2) is 24.9 Å². The van der Waals surface area contributed by atoms with E-state index in [1.165, 1.54) is 0 Å². The molecule has 0 unspecified atom stereocenters. The molecule has 220 valence electrons. The number of aromatic nitrogens is 5. The minimum absolute atomic E-state index is 0.606. The third-order valence-corrected chi connectivity index (χ3v) is 8.38. The van der Waals surface area contributed by atoms with Crippen LogP contribution in [0.2, 0.25) is 0 Å². The molecule has 9 aromatic rings. The molecule has 4 aromatic heterocycles. The Balaban J connectivity index is 1.23. The summed E-state index contributed by atoms with van der Waals surface area (Å²) in [6, 6.07) is 48.7. The second kappa shape index (κ2) is 11.1. The molecule has 5 aromatic carbocycles. The molecule has 4 heterocycles. The predicted octanol–water partition coefficient (Wildman–Crippen LogP) is 10.0. The van der Waals surface area contributed by atoms with E-state index in [9.17, 15) is 0 Å². The van der Waals surface area contributed by atoms with Gasteiger partial charge < -0.3 is 4.42 Å². The van der Waals surface area contributed by atoms with Crippen LogP contribution in [0.4, 0.5) is 0 Å². The van der Waals surface area contributed by atoms with Gasteiger partial charge in [-0.3, -0.25) is 4.98 Å². The first kappa shape index (κ1) is 26.8. The largest absolute Gasteiger partial charge is 0.456 e. The zero-order chi connectivity index (χ0) is 31.2. The Morgan fingerprint density at radius 3 is 1.77 bits per heavy atom. The average Bonchev–Trinajstić information content (AvgIpc) is 3.54. The second-order valence-corrected chi connectivity index (χ2v) is 11.3. The van der Waals surface area contributed by atoms with Gasteiger partial charge in [0, 0.05) is 33.7 Å². The Labute approximate surface area is 270 Å². The molecular formula is C41H25N5O. The van der Waals surface area contributed by atoms with Crippen LogP contribution in [0.25, 0.3) is 89.5 Å². The fourth-order valence-electron chi connectivity index (χ4n) is 6.16. The zero-order valence-electron chi connectivity index (χ0n) is 25.1. The first-order valence-corrected chi connectivity index (χ1v) is 15.4. The van der Waals surface area contributed by atoms with E-state index in [0.717, 1.165) is 72.0 Å². The van der Waals surface area contributed by atoms with E-state index in [2.05, 4.69) is 36.4 Å². The normalized spacial score (nSPS) is 11.4. The molecule has 6 nitrogen and oxygen atoms in total. The maximum absolute atomic E-state index is 6.18. The molecule has 0 atom stereocenters. The standard InChI is InChI=1S/C41H25N5O/c1-3-12-26(13-4-1)39-44-40(27-14-5-2-6-15-27)46-41(45-39)29-17-11-16-28(24-29)32-25-34(43-33-20-9-7-18-30(32)33)38-37-31-19-8-10-21-35(31)47-36(37)22-23-42-38/h1-25H. The fourth-order valence-corrected chi connectivity index (χ4v) is 6.16. The number of pyridine rings is 2. The van der Waals surface area contributed by atoms with Gasteiger partial charge in [-0.25, -0.2) is 19.9 Å². The van der Waals surface area contributed by atoms with Gasteiger partial charge in [0.05, 0.1) is 16.6 Å². The highest BCUT2D eigenvalue weighted by Crippen LogP contribution is 2.38. The highest BCUT2D eigenvalue weighted by molar-refractivity contribution is 6.11. The van der Waals surface area contributed by atoms with E-state index >= 15 is 0 Å². The number of hydrogen-bond acceptors (Lipinski definition) is 6. The molecule has 0 saturated carbocycles. The topological polar surface area (TPSA) is 77.6 Å². The third kappa shape index (κ3) is 4.80. The van der Waals surface area contributed by atoms with Crippen LogP contribution in [0.5, 0.6) is 0 Å². The summed E-state index contributed by atoms with van der Waals surface area (Å²) in [5, 5.41) is 3.02. The number of para-hydroxylation sites is 2. The molecule has 0 fully saturated rings. The molecule has 0 spiro atoms. The molecule has 0 aliphatic rings. The van der Waals surface area contributed by atoms with E-state index in [-0.39, 0.29) is 0 Å². The van der Waals surface area contributed by atoms with Gasteiger partial charge in [0.25, 0.3) is 0 Å². The van der Waals surface area contributed by atoms with Crippen LogP contribution >= 0.6 is 0 Å². The molecule has 0 saturated heterocycles. The Morgan fingerprint density at radius 2 is 1.02 bits per heavy atom. The summed E-state index contributed by atoms with van der Waals surface area (Å²) < 4.78 is 6.18. The molecular weight excluding hydrogens is 578 g/mol.